The number of anilines is 2. The number of carbonyl (C=O) groups is 1. The molecule has 0 bridgehead atoms. The first kappa shape index (κ1) is 27.6. The fourth-order valence-corrected chi connectivity index (χ4v) is 6.14. The lowest BCUT2D eigenvalue weighted by atomic mass is 9.97. The van der Waals surface area contributed by atoms with Crippen LogP contribution in [0.15, 0.2) is 71.9 Å². The monoisotopic (exact) mass is 535 g/mol. The average molecular weight is 536 g/mol. The number of rotatable bonds is 10. The van der Waals surface area contributed by atoms with Crippen LogP contribution in [0.25, 0.3) is 0 Å². The molecule has 9 heteroatoms. The van der Waals surface area contributed by atoms with E-state index >= 15 is 0 Å². The van der Waals surface area contributed by atoms with Gasteiger partial charge < -0.3 is 9.80 Å². The normalized spacial score (nSPS) is 16.8. The van der Waals surface area contributed by atoms with Gasteiger partial charge in [0.15, 0.2) is 5.03 Å². The van der Waals surface area contributed by atoms with Crippen molar-refractivity contribution < 1.29 is 13.2 Å². The first-order valence-electron chi connectivity index (χ1n) is 13.1. The van der Waals surface area contributed by atoms with Crippen molar-refractivity contribution in [2.75, 3.05) is 29.9 Å². The number of amides is 1. The Morgan fingerprint density at radius 1 is 1.08 bits per heavy atom. The molecule has 1 atom stereocenters. The molecule has 3 aromatic rings. The van der Waals surface area contributed by atoms with Crippen molar-refractivity contribution in [3.63, 3.8) is 0 Å². The van der Waals surface area contributed by atoms with Gasteiger partial charge in [-0.05, 0) is 81.8 Å². The third kappa shape index (κ3) is 6.51. The highest BCUT2D eigenvalue weighted by Gasteiger charge is 2.39. The summed E-state index contributed by atoms with van der Waals surface area (Å²) in [5.41, 5.74) is 1.89. The van der Waals surface area contributed by atoms with E-state index in [2.05, 4.69) is 64.4 Å². The molecule has 1 N–H and O–H groups in total. The Hall–Kier alpha value is -3.46. The van der Waals surface area contributed by atoms with Crippen LogP contribution in [0.4, 0.5) is 11.5 Å². The number of nitrogens with zero attached hydrogens (tertiary/aromatic N) is 4. The molecule has 3 heterocycles. The molecule has 38 heavy (non-hydrogen) atoms. The highest BCUT2D eigenvalue weighted by Crippen LogP contribution is 2.37. The molecule has 2 aromatic heterocycles. The van der Waals surface area contributed by atoms with Gasteiger partial charge in [0.2, 0.25) is 0 Å². The Bertz CT molecular complexity index is 1360. The number of pyridine rings is 2. The van der Waals surface area contributed by atoms with Crippen LogP contribution in [0.1, 0.15) is 56.1 Å². The maximum Gasteiger partial charge on any atom is 0.281 e. The van der Waals surface area contributed by atoms with Gasteiger partial charge in [0.1, 0.15) is 5.82 Å². The van der Waals surface area contributed by atoms with Crippen molar-refractivity contribution in [2.45, 2.75) is 57.0 Å². The number of carbonyl (C=O) groups excluding carboxylic acids is 1. The molecule has 0 aliphatic carbocycles. The molecule has 1 fully saturated rings. The fraction of sp³-hybridized carbons (Fsp3) is 0.414. The van der Waals surface area contributed by atoms with Gasteiger partial charge >= 0.3 is 0 Å². The summed E-state index contributed by atoms with van der Waals surface area (Å²) in [6, 6.07) is 18.3. The van der Waals surface area contributed by atoms with E-state index in [1.807, 2.05) is 24.3 Å². The number of nitrogens with one attached hydrogen (secondary N) is 1. The lowest BCUT2D eigenvalue weighted by molar-refractivity contribution is 0.0981. The highest BCUT2D eigenvalue weighted by molar-refractivity contribution is 7.90. The maximum atomic E-state index is 13.2. The van der Waals surface area contributed by atoms with Crippen LogP contribution in [0.3, 0.4) is 0 Å². The zero-order valence-electron chi connectivity index (χ0n) is 22.6. The summed E-state index contributed by atoms with van der Waals surface area (Å²) in [5, 5.41) is -0.162. The van der Waals surface area contributed by atoms with Crippen LogP contribution in [-0.4, -0.2) is 50.0 Å². The SMILES string of the molecule is CC1CN(c2ncccc2C(=O)NS(=O)(=O)c2cccc(CCCCN(C)c3ccccc3)n2)C(C)(C)C1. The molecule has 1 aliphatic heterocycles. The van der Waals surface area contributed by atoms with Gasteiger partial charge in [-0.3, -0.25) is 4.79 Å². The molecule has 202 valence electrons. The molecule has 1 aliphatic rings. The second-order valence-corrected chi connectivity index (χ2v) is 12.4. The molecule has 0 saturated carbocycles. The second kappa shape index (κ2) is 11.5. The van der Waals surface area contributed by atoms with Gasteiger partial charge in [-0.15, -0.1) is 0 Å². The van der Waals surface area contributed by atoms with Crippen LogP contribution < -0.4 is 14.5 Å². The van der Waals surface area contributed by atoms with Crippen molar-refractivity contribution in [2.24, 2.45) is 5.92 Å². The van der Waals surface area contributed by atoms with Gasteiger partial charge in [-0.1, -0.05) is 31.2 Å². The van der Waals surface area contributed by atoms with Gasteiger partial charge in [0, 0.05) is 43.3 Å². The number of hydrogen-bond acceptors (Lipinski definition) is 7. The molecule has 4 rings (SSSR count). The van der Waals surface area contributed by atoms with E-state index in [0.717, 1.165) is 38.0 Å². The zero-order chi connectivity index (χ0) is 27.3. The first-order chi connectivity index (χ1) is 18.1. The van der Waals surface area contributed by atoms with Crippen molar-refractivity contribution in [3.8, 4) is 0 Å². The topological polar surface area (TPSA) is 95.5 Å². The van der Waals surface area contributed by atoms with Crippen LogP contribution in [0.5, 0.6) is 0 Å². The van der Waals surface area contributed by atoms with E-state index in [0.29, 0.717) is 23.9 Å². The van der Waals surface area contributed by atoms with E-state index in [1.165, 1.54) is 6.07 Å². The van der Waals surface area contributed by atoms with E-state index < -0.39 is 15.9 Å². The van der Waals surface area contributed by atoms with Crippen molar-refractivity contribution in [3.05, 3.63) is 78.1 Å². The third-order valence-corrected chi connectivity index (χ3v) is 8.25. The molecule has 0 spiro atoms. The van der Waals surface area contributed by atoms with Gasteiger partial charge in [0.05, 0.1) is 5.56 Å². The van der Waals surface area contributed by atoms with Crippen molar-refractivity contribution >= 4 is 27.4 Å². The number of unbranched alkanes of at least 4 members (excludes halogenated alkanes) is 1. The Kier molecular flexibility index (Phi) is 8.35. The predicted molar refractivity (Wildman–Crippen MR) is 151 cm³/mol. The van der Waals surface area contributed by atoms with Crippen LogP contribution in [0.2, 0.25) is 0 Å². The second-order valence-electron chi connectivity index (χ2n) is 10.7. The molecule has 1 unspecified atom stereocenters. The Labute approximate surface area is 226 Å². The molecule has 0 radical (unpaired) electrons. The number of para-hydroxylation sites is 1. The lowest BCUT2D eigenvalue weighted by Crippen LogP contribution is -2.41. The summed E-state index contributed by atoms with van der Waals surface area (Å²) in [6.07, 6.45) is 5.04. The average Bonchev–Trinajstić information content (AvgIpc) is 3.18. The molecule has 8 nitrogen and oxygen atoms in total. The minimum absolute atomic E-state index is 0.162. The predicted octanol–water partition coefficient (Wildman–Crippen LogP) is 4.68. The summed E-state index contributed by atoms with van der Waals surface area (Å²) >= 11 is 0. The maximum absolute atomic E-state index is 13.2. The number of benzene rings is 1. The van der Waals surface area contributed by atoms with Crippen LogP contribution >= 0.6 is 0 Å². The lowest BCUT2D eigenvalue weighted by Gasteiger charge is -2.33. The van der Waals surface area contributed by atoms with Gasteiger partial charge in [0.25, 0.3) is 15.9 Å². The van der Waals surface area contributed by atoms with E-state index in [1.54, 1.807) is 24.4 Å². The summed E-state index contributed by atoms with van der Waals surface area (Å²) in [6.45, 7) is 8.02. The minimum Gasteiger partial charge on any atom is -0.375 e. The number of sulfonamides is 1. The largest absolute Gasteiger partial charge is 0.375 e. The Balaban J connectivity index is 1.40. The van der Waals surface area contributed by atoms with Crippen LogP contribution in [0, 0.1) is 5.92 Å². The number of hydrogen-bond donors (Lipinski definition) is 1. The summed E-state index contributed by atoms with van der Waals surface area (Å²) in [7, 11) is -2.10. The summed E-state index contributed by atoms with van der Waals surface area (Å²) < 4.78 is 28.5. The highest BCUT2D eigenvalue weighted by atomic mass is 32.2. The molecular formula is C29H37N5O3S. The van der Waals surface area contributed by atoms with Crippen molar-refractivity contribution in [1.82, 2.24) is 14.7 Å². The molecule has 1 saturated heterocycles. The van der Waals surface area contributed by atoms with E-state index in [9.17, 15) is 13.2 Å². The minimum atomic E-state index is -4.16. The summed E-state index contributed by atoms with van der Waals surface area (Å²) in [4.78, 5) is 26.3. The molecule has 1 amide bonds. The molecular weight excluding hydrogens is 498 g/mol. The van der Waals surface area contributed by atoms with Crippen molar-refractivity contribution in [1.29, 1.82) is 0 Å². The third-order valence-electron chi connectivity index (χ3n) is 7.02. The van der Waals surface area contributed by atoms with E-state index in [4.69, 9.17) is 0 Å². The Morgan fingerprint density at radius 2 is 1.84 bits per heavy atom. The number of aromatic nitrogens is 2. The van der Waals surface area contributed by atoms with Gasteiger partial charge in [-0.2, -0.15) is 8.42 Å². The first-order valence-corrected chi connectivity index (χ1v) is 14.6. The van der Waals surface area contributed by atoms with E-state index in [-0.39, 0.29) is 16.1 Å². The zero-order valence-corrected chi connectivity index (χ0v) is 23.4. The molecule has 1 aromatic carbocycles. The fourth-order valence-electron chi connectivity index (χ4n) is 5.19. The number of aryl methyl sites for hydroxylation is 1. The quantitative estimate of drug-likeness (QED) is 0.377. The smallest absolute Gasteiger partial charge is 0.281 e. The standard InChI is InChI=1S/C29H37N5O3S/c1-22-20-29(2,3)34(21-22)27-25(16-11-18-30-27)28(35)32-38(36,37)26-17-10-13-23(31-26)12-8-9-19-33(4)24-14-6-5-7-15-24/h5-7,10-11,13-18,22H,8-9,12,19-21H2,1-4H3,(H,32,35). The van der Waals surface area contributed by atoms with Crippen LogP contribution in [-0.2, 0) is 16.4 Å². The van der Waals surface area contributed by atoms with Gasteiger partial charge in [-0.25, -0.2) is 14.7 Å². The summed E-state index contributed by atoms with van der Waals surface area (Å²) in [5.74, 6) is 0.230. The Morgan fingerprint density at radius 3 is 2.55 bits per heavy atom.